The van der Waals surface area contributed by atoms with Gasteiger partial charge in [0, 0.05) is 26.6 Å². The lowest BCUT2D eigenvalue weighted by molar-refractivity contribution is -0.130. The first kappa shape index (κ1) is 20.0. The largest absolute Gasteiger partial charge is 0.341 e. The third-order valence-corrected chi connectivity index (χ3v) is 5.47. The molecule has 0 aliphatic carbocycles. The maximum Gasteiger partial charge on any atom is 0.232 e. The van der Waals surface area contributed by atoms with Crippen LogP contribution in [0, 0.1) is 13.8 Å². The molecule has 0 spiro atoms. The lowest BCUT2D eigenvalue weighted by Gasteiger charge is -2.26. The molecule has 2 aromatic rings. The van der Waals surface area contributed by atoms with E-state index >= 15 is 0 Å². The van der Waals surface area contributed by atoms with Crippen LogP contribution in [-0.4, -0.2) is 39.1 Å². The van der Waals surface area contributed by atoms with Gasteiger partial charge in [-0.15, -0.1) is 0 Å². The Morgan fingerprint density at radius 1 is 0.962 bits per heavy atom. The van der Waals surface area contributed by atoms with Crippen LogP contribution in [0.3, 0.4) is 0 Å². The van der Waals surface area contributed by atoms with Crippen molar-refractivity contribution in [3.63, 3.8) is 0 Å². The van der Waals surface area contributed by atoms with E-state index in [2.05, 4.69) is 0 Å². The van der Waals surface area contributed by atoms with Gasteiger partial charge in [0.2, 0.25) is 15.9 Å². The molecule has 0 aliphatic rings. The lowest BCUT2D eigenvalue weighted by atomic mass is 10.1. The van der Waals surface area contributed by atoms with Crippen LogP contribution >= 0.6 is 0 Å². The maximum absolute atomic E-state index is 12.5. The predicted octanol–water partition coefficient (Wildman–Crippen LogP) is 3.12. The molecule has 0 aliphatic heterocycles. The van der Waals surface area contributed by atoms with E-state index in [1.54, 1.807) is 11.9 Å². The van der Waals surface area contributed by atoms with Crippen molar-refractivity contribution in [2.45, 2.75) is 26.8 Å². The van der Waals surface area contributed by atoms with Crippen molar-refractivity contribution in [1.29, 1.82) is 0 Å². The van der Waals surface area contributed by atoms with Crippen molar-refractivity contribution < 1.29 is 13.2 Å². The number of rotatable bonds is 7. The van der Waals surface area contributed by atoms with E-state index in [0.717, 1.165) is 16.7 Å². The molecule has 2 rings (SSSR count). The zero-order valence-electron chi connectivity index (χ0n) is 15.8. The van der Waals surface area contributed by atoms with Crippen LogP contribution in [0.4, 0.5) is 5.69 Å². The monoisotopic (exact) mass is 374 g/mol. The van der Waals surface area contributed by atoms with Crippen LogP contribution in [0.2, 0.25) is 0 Å². The Morgan fingerprint density at radius 2 is 1.54 bits per heavy atom. The van der Waals surface area contributed by atoms with Crippen molar-refractivity contribution in [1.82, 2.24) is 4.90 Å². The average Bonchev–Trinajstić information content (AvgIpc) is 2.57. The van der Waals surface area contributed by atoms with E-state index in [-0.39, 0.29) is 18.9 Å². The molecule has 0 bridgehead atoms. The Balaban J connectivity index is 2.12. The highest BCUT2D eigenvalue weighted by Gasteiger charge is 2.22. The number of carbonyl (C=O) groups is 1. The molecular formula is C20H26N2O3S. The highest BCUT2D eigenvalue weighted by atomic mass is 32.2. The molecule has 140 valence electrons. The topological polar surface area (TPSA) is 57.7 Å². The number of nitrogens with zero attached hydrogens (tertiary/aromatic N) is 2. The first-order valence-corrected chi connectivity index (χ1v) is 10.4. The van der Waals surface area contributed by atoms with Crippen LogP contribution in [0.25, 0.3) is 0 Å². The SMILES string of the molecule is Cc1cccc(C)c1N(CCC(=O)N(C)Cc1ccccc1)S(C)(=O)=O. The Morgan fingerprint density at radius 3 is 2.08 bits per heavy atom. The number of carbonyl (C=O) groups excluding carboxylic acids is 1. The number of hydrogen-bond acceptors (Lipinski definition) is 3. The van der Waals surface area contributed by atoms with Gasteiger partial charge in [-0.2, -0.15) is 0 Å². The van der Waals surface area contributed by atoms with E-state index < -0.39 is 10.0 Å². The van der Waals surface area contributed by atoms with Crippen LogP contribution < -0.4 is 4.31 Å². The summed E-state index contributed by atoms with van der Waals surface area (Å²) in [5.74, 6) is -0.0891. The van der Waals surface area contributed by atoms with Crippen molar-refractivity contribution >= 4 is 21.6 Å². The van der Waals surface area contributed by atoms with Gasteiger partial charge in [-0.05, 0) is 30.5 Å². The number of sulfonamides is 1. The van der Waals surface area contributed by atoms with Crippen LogP contribution in [0.1, 0.15) is 23.1 Å². The van der Waals surface area contributed by atoms with Gasteiger partial charge in [0.1, 0.15) is 0 Å². The summed E-state index contributed by atoms with van der Waals surface area (Å²) in [6, 6.07) is 15.4. The van der Waals surface area contributed by atoms with Crippen molar-refractivity contribution in [2.75, 3.05) is 24.2 Å². The molecule has 0 aromatic heterocycles. The number of aryl methyl sites for hydroxylation is 2. The standard InChI is InChI=1S/C20H26N2O3S/c1-16-9-8-10-17(2)20(16)22(26(4,24)25)14-13-19(23)21(3)15-18-11-6-5-7-12-18/h5-12H,13-15H2,1-4H3. The predicted molar refractivity (Wildman–Crippen MR) is 106 cm³/mol. The molecular weight excluding hydrogens is 348 g/mol. The summed E-state index contributed by atoms with van der Waals surface area (Å²) in [5.41, 5.74) is 3.45. The smallest absolute Gasteiger partial charge is 0.232 e. The molecule has 5 nitrogen and oxygen atoms in total. The zero-order valence-corrected chi connectivity index (χ0v) is 16.6. The number of para-hydroxylation sites is 1. The number of amides is 1. The molecule has 0 N–H and O–H groups in total. The Labute approximate surface area is 156 Å². The third kappa shape index (κ3) is 5.08. The molecule has 0 atom stereocenters. The minimum Gasteiger partial charge on any atom is -0.341 e. The lowest BCUT2D eigenvalue weighted by Crippen LogP contribution is -2.36. The number of benzene rings is 2. The molecule has 26 heavy (non-hydrogen) atoms. The van der Waals surface area contributed by atoms with E-state index in [0.29, 0.717) is 12.2 Å². The molecule has 2 aromatic carbocycles. The summed E-state index contributed by atoms with van der Waals surface area (Å²) < 4.78 is 26.0. The van der Waals surface area contributed by atoms with E-state index in [1.807, 2.05) is 62.4 Å². The highest BCUT2D eigenvalue weighted by molar-refractivity contribution is 7.92. The summed E-state index contributed by atoms with van der Waals surface area (Å²) in [5, 5.41) is 0. The summed E-state index contributed by atoms with van der Waals surface area (Å²) in [6.07, 6.45) is 1.31. The third-order valence-electron chi connectivity index (χ3n) is 4.31. The van der Waals surface area contributed by atoms with Gasteiger partial charge in [-0.25, -0.2) is 8.42 Å². The average molecular weight is 375 g/mol. The van der Waals surface area contributed by atoms with Crippen molar-refractivity contribution in [3.8, 4) is 0 Å². The quantitative estimate of drug-likeness (QED) is 0.748. The van der Waals surface area contributed by atoms with Gasteiger partial charge in [-0.1, -0.05) is 48.5 Å². The van der Waals surface area contributed by atoms with Crippen molar-refractivity contribution in [2.24, 2.45) is 0 Å². The molecule has 0 radical (unpaired) electrons. The molecule has 6 heteroatoms. The summed E-state index contributed by atoms with van der Waals surface area (Å²) in [4.78, 5) is 14.1. The minimum atomic E-state index is -3.48. The van der Waals surface area contributed by atoms with E-state index in [1.165, 1.54) is 10.6 Å². The molecule has 1 amide bonds. The second-order valence-corrected chi connectivity index (χ2v) is 8.47. The van der Waals surface area contributed by atoms with Crippen LogP contribution in [-0.2, 0) is 21.4 Å². The van der Waals surface area contributed by atoms with E-state index in [9.17, 15) is 13.2 Å². The Kier molecular flexibility index (Phi) is 6.42. The molecule has 0 saturated heterocycles. The maximum atomic E-state index is 12.5. The van der Waals surface area contributed by atoms with Crippen LogP contribution in [0.5, 0.6) is 0 Å². The summed E-state index contributed by atoms with van der Waals surface area (Å²) >= 11 is 0. The fourth-order valence-corrected chi connectivity index (χ4v) is 4.02. The Bertz CT molecular complexity index is 844. The van der Waals surface area contributed by atoms with Gasteiger partial charge in [-0.3, -0.25) is 9.10 Å². The summed E-state index contributed by atoms with van der Waals surface area (Å²) in [6.45, 7) is 4.39. The van der Waals surface area contributed by atoms with E-state index in [4.69, 9.17) is 0 Å². The van der Waals surface area contributed by atoms with Gasteiger partial charge in [0.05, 0.1) is 11.9 Å². The zero-order chi connectivity index (χ0) is 19.3. The second kappa shape index (κ2) is 8.36. The summed E-state index contributed by atoms with van der Waals surface area (Å²) in [7, 11) is -1.75. The molecule has 0 unspecified atom stereocenters. The Hall–Kier alpha value is -2.34. The molecule has 0 heterocycles. The van der Waals surface area contributed by atoms with Crippen molar-refractivity contribution in [3.05, 3.63) is 65.2 Å². The first-order chi connectivity index (χ1) is 12.2. The van der Waals surface area contributed by atoms with Gasteiger partial charge >= 0.3 is 0 Å². The highest BCUT2D eigenvalue weighted by Crippen LogP contribution is 2.27. The van der Waals surface area contributed by atoms with Gasteiger partial charge in [0.15, 0.2) is 0 Å². The number of hydrogen-bond donors (Lipinski definition) is 0. The first-order valence-electron chi connectivity index (χ1n) is 8.52. The second-order valence-electron chi connectivity index (χ2n) is 6.56. The fraction of sp³-hybridized carbons (Fsp3) is 0.350. The van der Waals surface area contributed by atoms with Gasteiger partial charge < -0.3 is 4.90 Å². The van der Waals surface area contributed by atoms with Crippen LogP contribution in [0.15, 0.2) is 48.5 Å². The fourth-order valence-electron chi connectivity index (χ4n) is 2.98. The van der Waals surface area contributed by atoms with Gasteiger partial charge in [0.25, 0.3) is 0 Å². The molecule has 0 saturated carbocycles. The number of anilines is 1. The molecule has 0 fully saturated rings. The normalized spacial score (nSPS) is 11.2. The minimum absolute atomic E-state index is 0.0891.